The lowest BCUT2D eigenvalue weighted by Gasteiger charge is -2.27. The molecule has 2 aliphatic heterocycles. The minimum Gasteiger partial charge on any atom is -0.497 e. The summed E-state index contributed by atoms with van der Waals surface area (Å²) in [6.07, 6.45) is 1.73. The van der Waals surface area contributed by atoms with Gasteiger partial charge in [-0.15, -0.1) is 0 Å². The number of methoxy groups -OCH3 is 1. The van der Waals surface area contributed by atoms with E-state index in [2.05, 4.69) is 34.3 Å². The molecule has 0 radical (unpaired) electrons. The monoisotopic (exact) mass is 402 g/mol. The zero-order valence-electron chi connectivity index (χ0n) is 17.3. The van der Waals surface area contributed by atoms with Gasteiger partial charge in [-0.1, -0.05) is 24.3 Å². The predicted molar refractivity (Wildman–Crippen MR) is 115 cm³/mol. The molecule has 1 amide bonds. The molecule has 0 aliphatic carbocycles. The number of aromatic nitrogens is 2. The van der Waals surface area contributed by atoms with Gasteiger partial charge >= 0.3 is 0 Å². The van der Waals surface area contributed by atoms with E-state index in [0.717, 1.165) is 42.2 Å². The molecular formula is C24H26N4O2. The number of amides is 1. The Labute approximate surface area is 176 Å². The molecule has 30 heavy (non-hydrogen) atoms. The molecule has 1 N–H and O–H groups in total. The van der Waals surface area contributed by atoms with Crippen LogP contribution in [0.2, 0.25) is 0 Å². The van der Waals surface area contributed by atoms with E-state index in [4.69, 9.17) is 4.74 Å². The van der Waals surface area contributed by atoms with E-state index >= 15 is 0 Å². The van der Waals surface area contributed by atoms with Crippen LogP contribution in [-0.2, 0) is 0 Å². The highest BCUT2D eigenvalue weighted by atomic mass is 16.5. The number of aromatic amines is 1. The zero-order valence-corrected chi connectivity index (χ0v) is 17.3. The number of fused-ring (bicyclic) bond motifs is 1. The molecular weight excluding hydrogens is 376 g/mol. The number of likely N-dealkylation sites (tertiary alicyclic amines) is 2. The van der Waals surface area contributed by atoms with Gasteiger partial charge in [0, 0.05) is 43.4 Å². The van der Waals surface area contributed by atoms with Crippen molar-refractivity contribution in [3.05, 3.63) is 71.9 Å². The number of rotatable bonds is 4. The normalized spacial score (nSPS) is 23.5. The van der Waals surface area contributed by atoms with Crippen LogP contribution in [0.1, 0.15) is 22.0 Å². The van der Waals surface area contributed by atoms with Crippen LogP contribution in [0.5, 0.6) is 5.75 Å². The first kappa shape index (κ1) is 18.9. The van der Waals surface area contributed by atoms with Gasteiger partial charge in [0.15, 0.2) is 0 Å². The van der Waals surface area contributed by atoms with Crippen molar-refractivity contribution in [1.29, 1.82) is 0 Å². The molecule has 5 rings (SSSR count). The van der Waals surface area contributed by atoms with Crippen molar-refractivity contribution < 1.29 is 9.53 Å². The molecule has 2 saturated heterocycles. The molecule has 0 bridgehead atoms. The summed E-state index contributed by atoms with van der Waals surface area (Å²) in [6.45, 7) is 2.64. The number of nitrogens with zero attached hydrogens (tertiary/aromatic N) is 3. The minimum absolute atomic E-state index is 0.122. The Morgan fingerprint density at radius 1 is 1.03 bits per heavy atom. The van der Waals surface area contributed by atoms with E-state index in [9.17, 15) is 4.79 Å². The van der Waals surface area contributed by atoms with Gasteiger partial charge in [-0.05, 0) is 54.4 Å². The molecule has 1 aromatic heterocycles. The third-order valence-electron chi connectivity index (χ3n) is 6.58. The highest BCUT2D eigenvalue weighted by Crippen LogP contribution is 2.44. The first-order valence-corrected chi connectivity index (χ1v) is 10.4. The maximum atomic E-state index is 13.2. The highest BCUT2D eigenvalue weighted by molar-refractivity contribution is 5.95. The quantitative estimate of drug-likeness (QED) is 0.726. The van der Waals surface area contributed by atoms with Crippen LogP contribution in [0.4, 0.5) is 0 Å². The van der Waals surface area contributed by atoms with Gasteiger partial charge < -0.3 is 9.64 Å². The number of benzene rings is 2. The Kier molecular flexibility index (Phi) is 4.79. The lowest BCUT2D eigenvalue weighted by molar-refractivity contribution is 0.0768. The smallest absolute Gasteiger partial charge is 0.253 e. The number of hydrogen-bond acceptors (Lipinski definition) is 4. The maximum Gasteiger partial charge on any atom is 0.253 e. The van der Waals surface area contributed by atoms with Crippen molar-refractivity contribution in [1.82, 2.24) is 20.0 Å². The van der Waals surface area contributed by atoms with Crippen molar-refractivity contribution in [2.45, 2.75) is 6.04 Å². The molecule has 154 valence electrons. The highest BCUT2D eigenvalue weighted by Gasteiger charge is 2.47. The SMILES string of the molecule is COc1ccc([C@@H]2[C@@H]3CN(C(=O)c4ccc(-c5ccn[nH]5)cc4)C[C@@H]3CN2C)cc1. The third-order valence-corrected chi connectivity index (χ3v) is 6.58. The standard InChI is InChI=1S/C24H26N4O2/c1-27-13-19-14-28(15-21(19)23(27)17-7-9-20(30-2)10-8-17)24(29)18-5-3-16(4-6-18)22-11-12-25-26-22/h3-12,19,21,23H,13-15H2,1-2H3,(H,25,26)/t19-,21+,23+/m0/s1. The second kappa shape index (κ2) is 7.61. The number of carbonyl (C=O) groups excluding carboxylic acids is 1. The van der Waals surface area contributed by atoms with Crippen LogP contribution in [0.15, 0.2) is 60.8 Å². The first-order chi connectivity index (χ1) is 14.6. The molecule has 3 atom stereocenters. The molecule has 3 heterocycles. The van der Waals surface area contributed by atoms with Gasteiger partial charge in [-0.25, -0.2) is 0 Å². The molecule has 2 fully saturated rings. The summed E-state index contributed by atoms with van der Waals surface area (Å²) in [7, 11) is 3.88. The largest absolute Gasteiger partial charge is 0.497 e. The summed E-state index contributed by atoms with van der Waals surface area (Å²) in [4.78, 5) is 17.6. The number of carbonyl (C=O) groups is 1. The molecule has 2 aromatic carbocycles. The number of nitrogens with one attached hydrogen (secondary N) is 1. The molecule has 6 nitrogen and oxygen atoms in total. The second-order valence-corrected chi connectivity index (χ2v) is 8.34. The lowest BCUT2D eigenvalue weighted by atomic mass is 9.89. The fraction of sp³-hybridized carbons (Fsp3) is 0.333. The first-order valence-electron chi connectivity index (χ1n) is 10.4. The van der Waals surface area contributed by atoms with Crippen molar-refractivity contribution >= 4 is 5.91 Å². The minimum atomic E-state index is 0.122. The van der Waals surface area contributed by atoms with Crippen molar-refractivity contribution in [3.8, 4) is 17.0 Å². The van der Waals surface area contributed by atoms with Crippen LogP contribution in [0, 0.1) is 11.8 Å². The fourth-order valence-corrected chi connectivity index (χ4v) is 5.12. The third kappa shape index (κ3) is 3.27. The average Bonchev–Trinajstić information content (AvgIpc) is 3.50. The summed E-state index contributed by atoms with van der Waals surface area (Å²) in [6, 6.07) is 18.4. The van der Waals surface area contributed by atoms with Gasteiger partial charge in [0.05, 0.1) is 12.8 Å². The van der Waals surface area contributed by atoms with Crippen LogP contribution in [0.25, 0.3) is 11.3 Å². The van der Waals surface area contributed by atoms with Crippen molar-refractivity contribution in [2.24, 2.45) is 11.8 Å². The van der Waals surface area contributed by atoms with Crippen molar-refractivity contribution in [2.75, 3.05) is 33.8 Å². The molecule has 0 saturated carbocycles. The maximum absolute atomic E-state index is 13.2. The Bertz CT molecular complexity index is 1010. The number of ether oxygens (including phenoxy) is 1. The molecule has 3 aromatic rings. The van der Waals surface area contributed by atoms with Crippen LogP contribution >= 0.6 is 0 Å². The summed E-state index contributed by atoms with van der Waals surface area (Å²) in [5, 5.41) is 6.95. The van der Waals surface area contributed by atoms with Gasteiger partial charge in [0.1, 0.15) is 5.75 Å². The van der Waals surface area contributed by atoms with Crippen LogP contribution in [-0.4, -0.2) is 59.7 Å². The van der Waals surface area contributed by atoms with E-state index in [0.29, 0.717) is 17.9 Å². The molecule has 2 aliphatic rings. The molecule has 0 spiro atoms. The Morgan fingerprint density at radius 2 is 1.80 bits per heavy atom. The molecule has 0 unspecified atom stereocenters. The van der Waals surface area contributed by atoms with Gasteiger partial charge in [-0.2, -0.15) is 5.10 Å². The molecule has 6 heteroatoms. The topological polar surface area (TPSA) is 61.5 Å². The Morgan fingerprint density at radius 3 is 2.47 bits per heavy atom. The predicted octanol–water partition coefficient (Wildman–Crippen LogP) is 3.46. The summed E-state index contributed by atoms with van der Waals surface area (Å²) >= 11 is 0. The summed E-state index contributed by atoms with van der Waals surface area (Å²) < 4.78 is 5.30. The summed E-state index contributed by atoms with van der Waals surface area (Å²) in [5.41, 5.74) is 4.02. The Hall–Kier alpha value is -3.12. The number of hydrogen-bond donors (Lipinski definition) is 1. The van der Waals surface area contributed by atoms with Crippen LogP contribution in [0.3, 0.4) is 0 Å². The van der Waals surface area contributed by atoms with E-state index in [1.807, 2.05) is 47.4 Å². The Balaban J connectivity index is 1.31. The van der Waals surface area contributed by atoms with E-state index < -0.39 is 0 Å². The van der Waals surface area contributed by atoms with Gasteiger partial charge in [0.2, 0.25) is 0 Å². The van der Waals surface area contributed by atoms with E-state index in [-0.39, 0.29) is 5.91 Å². The summed E-state index contributed by atoms with van der Waals surface area (Å²) in [5.74, 6) is 1.96. The van der Waals surface area contributed by atoms with E-state index in [1.165, 1.54) is 5.56 Å². The average molecular weight is 402 g/mol. The van der Waals surface area contributed by atoms with Gasteiger partial charge in [0.25, 0.3) is 5.91 Å². The van der Waals surface area contributed by atoms with Gasteiger partial charge in [-0.3, -0.25) is 14.8 Å². The van der Waals surface area contributed by atoms with Crippen molar-refractivity contribution in [3.63, 3.8) is 0 Å². The fourth-order valence-electron chi connectivity index (χ4n) is 5.12. The lowest BCUT2D eigenvalue weighted by Crippen LogP contribution is -2.33. The van der Waals surface area contributed by atoms with E-state index in [1.54, 1.807) is 13.3 Å². The number of H-pyrrole nitrogens is 1. The second-order valence-electron chi connectivity index (χ2n) is 8.34. The zero-order chi connectivity index (χ0) is 20.7. The van der Waals surface area contributed by atoms with Crippen LogP contribution < -0.4 is 4.74 Å².